The standard InChI is InChI=1S/C14H18F2N2O2/c1-20-5-4-18-13(19)3-2-12(17)14(18)9-6-10(15)8-11(16)7-9/h6-8,12,14H,2-5,17H2,1H3. The van der Waals surface area contributed by atoms with Gasteiger partial charge in [0.25, 0.3) is 0 Å². The van der Waals surface area contributed by atoms with Gasteiger partial charge in [0.1, 0.15) is 11.6 Å². The van der Waals surface area contributed by atoms with Crippen LogP contribution in [0, 0.1) is 11.6 Å². The van der Waals surface area contributed by atoms with E-state index in [1.165, 1.54) is 19.2 Å². The van der Waals surface area contributed by atoms with Gasteiger partial charge in [-0.15, -0.1) is 0 Å². The van der Waals surface area contributed by atoms with E-state index in [1.807, 2.05) is 0 Å². The third-order valence-corrected chi connectivity index (χ3v) is 3.52. The topological polar surface area (TPSA) is 55.6 Å². The molecule has 1 heterocycles. The molecule has 1 aliphatic rings. The zero-order valence-electron chi connectivity index (χ0n) is 11.3. The molecule has 4 nitrogen and oxygen atoms in total. The minimum absolute atomic E-state index is 0.0709. The highest BCUT2D eigenvalue weighted by Gasteiger charge is 2.35. The smallest absolute Gasteiger partial charge is 0.223 e. The second-order valence-electron chi connectivity index (χ2n) is 4.93. The first kappa shape index (κ1) is 14.9. The van der Waals surface area contributed by atoms with Crippen molar-refractivity contribution in [3.63, 3.8) is 0 Å². The fraction of sp³-hybridized carbons (Fsp3) is 0.500. The number of rotatable bonds is 4. The molecule has 1 fully saturated rings. The number of halogens is 2. The van der Waals surface area contributed by atoms with Crippen molar-refractivity contribution < 1.29 is 18.3 Å². The first-order valence-corrected chi connectivity index (χ1v) is 6.53. The average molecular weight is 284 g/mol. The lowest BCUT2D eigenvalue weighted by Gasteiger charge is -2.40. The summed E-state index contributed by atoms with van der Waals surface area (Å²) in [5.74, 6) is -1.41. The normalized spacial score (nSPS) is 23.2. The Kier molecular flexibility index (Phi) is 4.67. The minimum atomic E-state index is -0.670. The van der Waals surface area contributed by atoms with Gasteiger partial charge in [0.05, 0.1) is 12.6 Å². The SMILES string of the molecule is COCCN1C(=O)CCC(N)C1c1cc(F)cc(F)c1. The van der Waals surface area contributed by atoms with Gasteiger partial charge in [-0.1, -0.05) is 0 Å². The van der Waals surface area contributed by atoms with Gasteiger partial charge in [-0.2, -0.15) is 0 Å². The molecule has 1 aliphatic heterocycles. The van der Waals surface area contributed by atoms with E-state index >= 15 is 0 Å². The maximum absolute atomic E-state index is 13.4. The van der Waals surface area contributed by atoms with E-state index in [9.17, 15) is 13.6 Å². The van der Waals surface area contributed by atoms with Crippen molar-refractivity contribution in [1.82, 2.24) is 4.90 Å². The molecule has 2 N–H and O–H groups in total. The number of nitrogens with two attached hydrogens (primary N) is 1. The zero-order valence-corrected chi connectivity index (χ0v) is 11.3. The van der Waals surface area contributed by atoms with Gasteiger partial charge < -0.3 is 15.4 Å². The molecule has 1 aromatic rings. The monoisotopic (exact) mass is 284 g/mol. The van der Waals surface area contributed by atoms with Crippen LogP contribution in [0.5, 0.6) is 0 Å². The third-order valence-electron chi connectivity index (χ3n) is 3.52. The van der Waals surface area contributed by atoms with E-state index in [0.717, 1.165) is 6.07 Å². The van der Waals surface area contributed by atoms with Gasteiger partial charge in [-0.05, 0) is 24.1 Å². The summed E-state index contributed by atoms with van der Waals surface area (Å²) < 4.78 is 31.7. The van der Waals surface area contributed by atoms with Gasteiger partial charge in [0.2, 0.25) is 5.91 Å². The van der Waals surface area contributed by atoms with Crippen molar-refractivity contribution in [2.75, 3.05) is 20.3 Å². The maximum Gasteiger partial charge on any atom is 0.223 e. The first-order chi connectivity index (χ1) is 9.52. The molecule has 20 heavy (non-hydrogen) atoms. The summed E-state index contributed by atoms with van der Waals surface area (Å²) in [5.41, 5.74) is 6.44. The molecule has 6 heteroatoms. The summed E-state index contributed by atoms with van der Waals surface area (Å²) in [6.07, 6.45) is 0.851. The Morgan fingerprint density at radius 2 is 2.00 bits per heavy atom. The Morgan fingerprint density at radius 3 is 2.60 bits per heavy atom. The molecule has 0 saturated carbocycles. The molecule has 1 amide bonds. The van der Waals surface area contributed by atoms with Crippen molar-refractivity contribution in [2.45, 2.75) is 24.9 Å². The highest BCUT2D eigenvalue weighted by Crippen LogP contribution is 2.31. The number of likely N-dealkylation sites (tertiary alicyclic amines) is 1. The quantitative estimate of drug-likeness (QED) is 0.913. The third kappa shape index (κ3) is 3.13. The fourth-order valence-electron chi connectivity index (χ4n) is 2.60. The minimum Gasteiger partial charge on any atom is -0.383 e. The molecular formula is C14H18F2N2O2. The Labute approximate surface area is 116 Å². The summed E-state index contributed by atoms with van der Waals surface area (Å²) in [6.45, 7) is 0.707. The summed E-state index contributed by atoms with van der Waals surface area (Å²) in [6, 6.07) is 2.40. The largest absolute Gasteiger partial charge is 0.383 e. The summed E-state index contributed by atoms with van der Waals surface area (Å²) >= 11 is 0. The number of amides is 1. The van der Waals surface area contributed by atoms with Gasteiger partial charge in [-0.3, -0.25) is 4.79 Å². The van der Waals surface area contributed by atoms with E-state index in [4.69, 9.17) is 10.5 Å². The molecule has 0 aromatic heterocycles. The number of hydrogen-bond donors (Lipinski definition) is 1. The van der Waals surface area contributed by atoms with Crippen LogP contribution in [0.3, 0.4) is 0 Å². The first-order valence-electron chi connectivity index (χ1n) is 6.53. The number of carbonyl (C=O) groups is 1. The maximum atomic E-state index is 13.4. The van der Waals surface area contributed by atoms with Crippen LogP contribution in [0.15, 0.2) is 18.2 Å². The Morgan fingerprint density at radius 1 is 1.35 bits per heavy atom. The van der Waals surface area contributed by atoms with Crippen LogP contribution >= 0.6 is 0 Å². The van der Waals surface area contributed by atoms with Crippen molar-refractivity contribution in [1.29, 1.82) is 0 Å². The van der Waals surface area contributed by atoms with Crippen molar-refractivity contribution in [3.8, 4) is 0 Å². The molecule has 0 radical (unpaired) electrons. The number of benzene rings is 1. The van der Waals surface area contributed by atoms with Crippen LogP contribution in [0.25, 0.3) is 0 Å². The van der Waals surface area contributed by atoms with Crippen LogP contribution in [-0.2, 0) is 9.53 Å². The number of carbonyl (C=O) groups excluding carboxylic acids is 1. The van der Waals surface area contributed by atoms with Crippen molar-refractivity contribution >= 4 is 5.91 Å². The van der Waals surface area contributed by atoms with Crippen LogP contribution in [0.4, 0.5) is 8.78 Å². The molecule has 2 atom stereocenters. The van der Waals surface area contributed by atoms with Crippen molar-refractivity contribution in [3.05, 3.63) is 35.4 Å². The molecule has 0 aliphatic carbocycles. The molecule has 2 rings (SSSR count). The van der Waals surface area contributed by atoms with E-state index in [-0.39, 0.29) is 11.9 Å². The van der Waals surface area contributed by atoms with E-state index < -0.39 is 17.7 Å². The second-order valence-corrected chi connectivity index (χ2v) is 4.93. The molecule has 2 unspecified atom stereocenters. The fourth-order valence-corrected chi connectivity index (χ4v) is 2.60. The zero-order chi connectivity index (χ0) is 14.7. The van der Waals surface area contributed by atoms with E-state index in [1.54, 1.807) is 4.90 Å². The van der Waals surface area contributed by atoms with E-state index in [2.05, 4.69) is 0 Å². The van der Waals surface area contributed by atoms with Gasteiger partial charge in [0, 0.05) is 32.2 Å². The van der Waals surface area contributed by atoms with Gasteiger partial charge >= 0.3 is 0 Å². The lowest BCUT2D eigenvalue weighted by Crippen LogP contribution is -2.49. The molecule has 0 spiro atoms. The van der Waals surface area contributed by atoms with Crippen molar-refractivity contribution in [2.24, 2.45) is 5.73 Å². The Bertz CT molecular complexity index is 476. The summed E-state index contributed by atoms with van der Waals surface area (Å²) in [7, 11) is 1.53. The highest BCUT2D eigenvalue weighted by molar-refractivity contribution is 5.78. The predicted octanol–water partition coefficient (Wildman–Crippen LogP) is 1.60. The summed E-state index contributed by atoms with van der Waals surface area (Å²) in [4.78, 5) is 13.6. The molecule has 1 saturated heterocycles. The second kappa shape index (κ2) is 6.28. The number of hydrogen-bond acceptors (Lipinski definition) is 3. The van der Waals surface area contributed by atoms with Gasteiger partial charge in [0.15, 0.2) is 0 Å². The highest BCUT2D eigenvalue weighted by atomic mass is 19.1. The van der Waals surface area contributed by atoms with Crippen LogP contribution < -0.4 is 5.73 Å². The number of piperidine rings is 1. The lowest BCUT2D eigenvalue weighted by atomic mass is 9.90. The predicted molar refractivity (Wildman–Crippen MR) is 69.9 cm³/mol. The van der Waals surface area contributed by atoms with Crippen LogP contribution in [0.1, 0.15) is 24.4 Å². The molecular weight excluding hydrogens is 266 g/mol. The van der Waals surface area contributed by atoms with Crippen LogP contribution in [0.2, 0.25) is 0 Å². The molecule has 1 aromatic carbocycles. The lowest BCUT2D eigenvalue weighted by molar-refractivity contribution is -0.138. The average Bonchev–Trinajstić information content (AvgIpc) is 2.38. The number of methoxy groups -OCH3 is 1. The molecule has 0 bridgehead atoms. The Hall–Kier alpha value is -1.53. The van der Waals surface area contributed by atoms with Gasteiger partial charge in [-0.25, -0.2) is 8.78 Å². The Balaban J connectivity index is 2.33. The molecule has 110 valence electrons. The number of ether oxygens (including phenoxy) is 1. The van der Waals surface area contributed by atoms with Crippen LogP contribution in [-0.4, -0.2) is 37.1 Å². The summed E-state index contributed by atoms with van der Waals surface area (Å²) in [5, 5.41) is 0. The number of nitrogens with zero attached hydrogens (tertiary/aromatic N) is 1. The van der Waals surface area contributed by atoms with E-state index in [0.29, 0.717) is 31.6 Å².